The second-order valence-corrected chi connectivity index (χ2v) is 7.38. The molecule has 2 amide bonds. The average molecular weight is 325 g/mol. The first-order chi connectivity index (χ1) is 10.4. The Labute approximate surface area is 131 Å². The standard InChI is InChI=1S/C15H23N3O3S/c1-3-14-6-4-5-11-18(14)15(19)16-12-7-9-13(10-8-12)17-22(2,20)21/h7-10,14,17H,3-6,11H2,1-2H3,(H,16,19). The van der Waals surface area contributed by atoms with E-state index in [2.05, 4.69) is 17.0 Å². The van der Waals surface area contributed by atoms with Crippen molar-refractivity contribution in [2.75, 3.05) is 22.8 Å². The van der Waals surface area contributed by atoms with E-state index in [1.54, 1.807) is 24.3 Å². The van der Waals surface area contributed by atoms with E-state index >= 15 is 0 Å². The van der Waals surface area contributed by atoms with Gasteiger partial charge in [-0.3, -0.25) is 4.72 Å². The normalized spacial score (nSPS) is 18.8. The van der Waals surface area contributed by atoms with Crippen LogP contribution in [0.1, 0.15) is 32.6 Å². The molecule has 7 heteroatoms. The van der Waals surface area contributed by atoms with E-state index in [0.717, 1.165) is 32.1 Å². The van der Waals surface area contributed by atoms with Gasteiger partial charge in [-0.1, -0.05) is 6.92 Å². The second kappa shape index (κ2) is 7.00. The number of anilines is 2. The monoisotopic (exact) mass is 325 g/mol. The van der Waals surface area contributed by atoms with Crippen LogP contribution in [-0.4, -0.2) is 38.2 Å². The first-order valence-corrected chi connectivity index (χ1v) is 9.43. The third-order valence-corrected chi connectivity index (χ3v) is 4.41. The summed E-state index contributed by atoms with van der Waals surface area (Å²) in [5, 5.41) is 2.88. The minimum Gasteiger partial charge on any atom is -0.322 e. The van der Waals surface area contributed by atoms with Crippen molar-refractivity contribution in [3.63, 3.8) is 0 Å². The molecule has 1 aliphatic heterocycles. The maximum atomic E-state index is 12.4. The topological polar surface area (TPSA) is 78.5 Å². The highest BCUT2D eigenvalue weighted by Gasteiger charge is 2.25. The van der Waals surface area contributed by atoms with E-state index in [4.69, 9.17) is 0 Å². The van der Waals surface area contributed by atoms with Crippen molar-refractivity contribution >= 4 is 27.4 Å². The molecule has 0 bridgehead atoms. The van der Waals surface area contributed by atoms with Crippen LogP contribution in [0.2, 0.25) is 0 Å². The third-order valence-electron chi connectivity index (χ3n) is 3.80. The van der Waals surface area contributed by atoms with Crippen LogP contribution in [0, 0.1) is 0 Å². The Morgan fingerprint density at radius 3 is 2.45 bits per heavy atom. The van der Waals surface area contributed by atoms with E-state index in [1.165, 1.54) is 6.42 Å². The summed E-state index contributed by atoms with van der Waals surface area (Å²) in [7, 11) is -3.29. The molecule has 1 fully saturated rings. The summed E-state index contributed by atoms with van der Waals surface area (Å²) >= 11 is 0. The molecule has 2 rings (SSSR count). The fourth-order valence-electron chi connectivity index (χ4n) is 2.72. The van der Waals surface area contributed by atoms with Crippen molar-refractivity contribution in [2.45, 2.75) is 38.6 Å². The lowest BCUT2D eigenvalue weighted by molar-refractivity contribution is 0.160. The van der Waals surface area contributed by atoms with Gasteiger partial charge in [0, 0.05) is 24.0 Å². The predicted molar refractivity (Wildman–Crippen MR) is 88.6 cm³/mol. The zero-order valence-electron chi connectivity index (χ0n) is 13.0. The zero-order chi connectivity index (χ0) is 16.2. The van der Waals surface area contributed by atoms with Gasteiger partial charge in [-0.25, -0.2) is 13.2 Å². The Morgan fingerprint density at radius 2 is 1.86 bits per heavy atom. The molecule has 2 N–H and O–H groups in total. The number of likely N-dealkylation sites (tertiary alicyclic amines) is 1. The molecule has 1 aromatic carbocycles. The number of carbonyl (C=O) groups is 1. The highest BCUT2D eigenvalue weighted by atomic mass is 32.2. The minimum absolute atomic E-state index is 0.0876. The Balaban J connectivity index is 1.99. The Kier molecular flexibility index (Phi) is 5.28. The summed E-state index contributed by atoms with van der Waals surface area (Å²) in [5.41, 5.74) is 1.13. The Morgan fingerprint density at radius 1 is 1.23 bits per heavy atom. The highest BCUT2D eigenvalue weighted by molar-refractivity contribution is 7.92. The molecule has 0 spiro atoms. The molecule has 22 heavy (non-hydrogen) atoms. The number of piperidine rings is 1. The maximum absolute atomic E-state index is 12.4. The number of amides is 2. The first kappa shape index (κ1) is 16.6. The van der Waals surface area contributed by atoms with E-state index in [1.807, 2.05) is 4.90 Å². The van der Waals surface area contributed by atoms with Gasteiger partial charge in [0.15, 0.2) is 0 Å². The van der Waals surface area contributed by atoms with Crippen molar-refractivity contribution in [1.29, 1.82) is 0 Å². The summed E-state index contributed by atoms with van der Waals surface area (Å²) in [6, 6.07) is 6.86. The molecule has 1 atom stereocenters. The van der Waals surface area contributed by atoms with Crippen molar-refractivity contribution in [3.05, 3.63) is 24.3 Å². The highest BCUT2D eigenvalue weighted by Crippen LogP contribution is 2.21. The number of hydrogen-bond donors (Lipinski definition) is 2. The van der Waals surface area contributed by atoms with Crippen LogP contribution in [0.25, 0.3) is 0 Å². The molecule has 0 aromatic heterocycles. The average Bonchev–Trinajstić information content (AvgIpc) is 2.47. The van der Waals surface area contributed by atoms with Gasteiger partial charge < -0.3 is 10.2 Å². The fraction of sp³-hybridized carbons (Fsp3) is 0.533. The van der Waals surface area contributed by atoms with Gasteiger partial charge in [-0.2, -0.15) is 0 Å². The van der Waals surface area contributed by atoms with Crippen LogP contribution in [0.5, 0.6) is 0 Å². The SMILES string of the molecule is CCC1CCCCN1C(=O)Nc1ccc(NS(C)(=O)=O)cc1. The zero-order valence-corrected chi connectivity index (χ0v) is 13.8. The Hall–Kier alpha value is -1.76. The van der Waals surface area contributed by atoms with Crippen molar-refractivity contribution in [1.82, 2.24) is 4.90 Å². The second-order valence-electron chi connectivity index (χ2n) is 5.63. The lowest BCUT2D eigenvalue weighted by Crippen LogP contribution is -2.45. The van der Waals surface area contributed by atoms with Crippen LogP contribution < -0.4 is 10.0 Å². The smallest absolute Gasteiger partial charge is 0.322 e. The quantitative estimate of drug-likeness (QED) is 0.893. The molecular weight excluding hydrogens is 302 g/mol. The molecular formula is C15H23N3O3S. The van der Waals surface area contributed by atoms with Gasteiger partial charge in [0.2, 0.25) is 10.0 Å². The van der Waals surface area contributed by atoms with Crippen molar-refractivity contribution in [3.8, 4) is 0 Å². The predicted octanol–water partition coefficient (Wildman–Crippen LogP) is 2.85. The van der Waals surface area contributed by atoms with Gasteiger partial charge >= 0.3 is 6.03 Å². The van der Waals surface area contributed by atoms with Gasteiger partial charge in [0.1, 0.15) is 0 Å². The van der Waals surface area contributed by atoms with Crippen LogP contribution in [0.3, 0.4) is 0 Å². The molecule has 0 saturated carbocycles. The summed E-state index contributed by atoms with van der Waals surface area (Å²) in [5.74, 6) is 0. The number of rotatable bonds is 4. The number of nitrogens with zero attached hydrogens (tertiary/aromatic N) is 1. The number of nitrogens with one attached hydrogen (secondary N) is 2. The molecule has 1 unspecified atom stereocenters. The van der Waals surface area contributed by atoms with E-state index in [0.29, 0.717) is 17.4 Å². The Bertz CT molecular complexity index is 613. The summed E-state index contributed by atoms with van der Waals surface area (Å²) in [4.78, 5) is 14.2. The largest absolute Gasteiger partial charge is 0.322 e. The maximum Gasteiger partial charge on any atom is 0.322 e. The van der Waals surface area contributed by atoms with Gasteiger partial charge in [0.05, 0.1) is 6.26 Å². The van der Waals surface area contributed by atoms with E-state index < -0.39 is 10.0 Å². The van der Waals surface area contributed by atoms with Crippen molar-refractivity contribution < 1.29 is 13.2 Å². The molecule has 1 aromatic rings. The van der Waals surface area contributed by atoms with Gasteiger partial charge in [-0.15, -0.1) is 0 Å². The number of sulfonamides is 1. The molecule has 1 aliphatic rings. The lowest BCUT2D eigenvalue weighted by atomic mass is 10.0. The number of benzene rings is 1. The molecule has 1 saturated heterocycles. The van der Waals surface area contributed by atoms with Gasteiger partial charge in [-0.05, 0) is 49.9 Å². The minimum atomic E-state index is -3.29. The summed E-state index contributed by atoms with van der Waals surface area (Å²) < 4.78 is 24.7. The van der Waals surface area contributed by atoms with Crippen LogP contribution in [0.4, 0.5) is 16.2 Å². The molecule has 122 valence electrons. The first-order valence-electron chi connectivity index (χ1n) is 7.54. The third kappa shape index (κ3) is 4.62. The molecule has 0 aliphatic carbocycles. The summed E-state index contributed by atoms with van der Waals surface area (Å²) in [6.45, 7) is 2.89. The van der Waals surface area contributed by atoms with Gasteiger partial charge in [0.25, 0.3) is 0 Å². The molecule has 0 radical (unpaired) electrons. The van der Waals surface area contributed by atoms with E-state index in [9.17, 15) is 13.2 Å². The van der Waals surface area contributed by atoms with Crippen LogP contribution >= 0.6 is 0 Å². The molecule has 1 heterocycles. The van der Waals surface area contributed by atoms with Crippen LogP contribution in [0.15, 0.2) is 24.3 Å². The lowest BCUT2D eigenvalue weighted by Gasteiger charge is -2.35. The number of urea groups is 1. The number of carbonyl (C=O) groups excluding carboxylic acids is 1. The fourth-order valence-corrected chi connectivity index (χ4v) is 3.29. The van der Waals surface area contributed by atoms with Crippen LogP contribution in [-0.2, 0) is 10.0 Å². The summed E-state index contributed by atoms with van der Waals surface area (Å²) in [6.07, 6.45) is 5.34. The van der Waals surface area contributed by atoms with Crippen molar-refractivity contribution in [2.24, 2.45) is 0 Å². The van der Waals surface area contributed by atoms with E-state index in [-0.39, 0.29) is 6.03 Å². The molecule has 6 nitrogen and oxygen atoms in total. The number of hydrogen-bond acceptors (Lipinski definition) is 3.